The predicted molar refractivity (Wildman–Crippen MR) is 74.8 cm³/mol. The average Bonchev–Trinajstić information content (AvgIpc) is 2.49. The van der Waals surface area contributed by atoms with Gasteiger partial charge in [-0.1, -0.05) is 6.58 Å². The van der Waals surface area contributed by atoms with Gasteiger partial charge in [-0.2, -0.15) is 0 Å². The highest BCUT2D eigenvalue weighted by Crippen LogP contribution is 2.07. The fraction of sp³-hybridized carbons (Fsp3) is 0.692. The van der Waals surface area contributed by atoms with Gasteiger partial charge in [-0.15, -0.1) is 10.1 Å². The average molecular weight is 298 g/mol. The summed E-state index contributed by atoms with van der Waals surface area (Å²) in [6, 6.07) is 0. The quantitative estimate of drug-likeness (QED) is 0.604. The van der Waals surface area contributed by atoms with E-state index in [1.54, 1.807) is 10.1 Å². The number of nitrogens with zero attached hydrogens (tertiary/aromatic N) is 2. The highest BCUT2D eigenvalue weighted by Gasteiger charge is 2.21. The molecule has 0 aromatic rings. The summed E-state index contributed by atoms with van der Waals surface area (Å²) < 4.78 is 0. The van der Waals surface area contributed by atoms with Crippen molar-refractivity contribution in [1.82, 2.24) is 20.8 Å². The number of rotatable bonds is 5. The lowest BCUT2D eigenvalue weighted by Crippen LogP contribution is -2.45. The molecule has 0 bridgehead atoms. The molecule has 2 rings (SSSR count). The van der Waals surface area contributed by atoms with Crippen LogP contribution in [0, 0.1) is 0 Å². The molecule has 0 atom stereocenters. The van der Waals surface area contributed by atoms with Crippen LogP contribution in [-0.2, 0) is 19.3 Å². The minimum atomic E-state index is -0.575. The van der Waals surface area contributed by atoms with Crippen LogP contribution in [0.1, 0.15) is 6.42 Å². The van der Waals surface area contributed by atoms with Crippen molar-refractivity contribution >= 4 is 11.9 Å². The normalized spacial score (nSPS) is 20.8. The lowest BCUT2D eigenvalue weighted by molar-refractivity contribution is -0.195. The van der Waals surface area contributed by atoms with E-state index < -0.39 is 11.9 Å². The lowest BCUT2D eigenvalue weighted by atomic mass is 10.2. The second kappa shape index (κ2) is 8.08. The van der Waals surface area contributed by atoms with E-state index >= 15 is 0 Å². The molecule has 2 N–H and O–H groups in total. The van der Waals surface area contributed by atoms with Gasteiger partial charge in [-0.05, 0) is 0 Å². The minimum absolute atomic E-state index is 0.105. The number of carbonyl (C=O) groups is 2. The van der Waals surface area contributed by atoms with Crippen LogP contribution >= 0.6 is 0 Å². The van der Waals surface area contributed by atoms with Crippen LogP contribution in [0.2, 0.25) is 0 Å². The lowest BCUT2D eigenvalue weighted by Gasteiger charge is -2.26. The topological polar surface area (TPSA) is 83.1 Å². The summed E-state index contributed by atoms with van der Waals surface area (Å²) in [5, 5.41) is 9.48. The first-order chi connectivity index (χ1) is 10.1. The first-order valence-corrected chi connectivity index (χ1v) is 7.17. The number of piperazine rings is 2. The molecule has 0 aromatic heterocycles. The van der Waals surface area contributed by atoms with Crippen molar-refractivity contribution in [2.24, 2.45) is 0 Å². The van der Waals surface area contributed by atoms with E-state index in [1.807, 2.05) is 0 Å². The summed E-state index contributed by atoms with van der Waals surface area (Å²) >= 11 is 0. The number of nitrogens with one attached hydrogen (secondary N) is 2. The van der Waals surface area contributed by atoms with E-state index in [-0.39, 0.29) is 12.0 Å². The number of hydrogen-bond donors (Lipinski definition) is 2. The number of carbonyl (C=O) groups excluding carboxylic acids is 2. The summed E-state index contributed by atoms with van der Waals surface area (Å²) in [5.74, 6) is -1.06. The standard InChI is InChI=1S/C13H22N4O4/c1-11(13(19)21-17-8-4-15-5-9-17)10-12(18)20-16-6-2-14-3-7-16/h14-15H,1-10H2. The zero-order chi connectivity index (χ0) is 15.1. The van der Waals surface area contributed by atoms with Gasteiger partial charge in [0.25, 0.3) is 0 Å². The van der Waals surface area contributed by atoms with Crippen LogP contribution in [0.5, 0.6) is 0 Å². The van der Waals surface area contributed by atoms with Gasteiger partial charge in [-0.3, -0.25) is 0 Å². The van der Waals surface area contributed by atoms with Gasteiger partial charge < -0.3 is 20.3 Å². The molecule has 0 unspecified atom stereocenters. The highest BCUT2D eigenvalue weighted by atomic mass is 16.7. The van der Waals surface area contributed by atoms with Crippen molar-refractivity contribution in [3.8, 4) is 0 Å². The summed E-state index contributed by atoms with van der Waals surface area (Å²) in [5.41, 5.74) is 0.105. The van der Waals surface area contributed by atoms with Crippen molar-refractivity contribution in [2.75, 3.05) is 52.4 Å². The predicted octanol–water partition coefficient (Wildman–Crippen LogP) is -1.34. The molecule has 118 valence electrons. The third kappa shape index (κ3) is 5.43. The Balaban J connectivity index is 1.69. The number of hydrogen-bond acceptors (Lipinski definition) is 8. The molecule has 0 saturated carbocycles. The third-order valence-electron chi connectivity index (χ3n) is 3.24. The van der Waals surface area contributed by atoms with Gasteiger partial charge in [0.2, 0.25) is 0 Å². The Morgan fingerprint density at radius 3 is 1.90 bits per heavy atom. The molecular formula is C13H22N4O4. The van der Waals surface area contributed by atoms with Crippen molar-refractivity contribution in [3.63, 3.8) is 0 Å². The Hall–Kier alpha value is -1.48. The summed E-state index contributed by atoms with van der Waals surface area (Å²) in [6.45, 7) is 9.24. The van der Waals surface area contributed by atoms with E-state index in [9.17, 15) is 9.59 Å². The highest BCUT2D eigenvalue weighted by molar-refractivity contribution is 5.93. The van der Waals surface area contributed by atoms with Crippen LogP contribution in [0.15, 0.2) is 12.2 Å². The maximum absolute atomic E-state index is 11.8. The smallest absolute Gasteiger partial charge is 0.352 e. The third-order valence-corrected chi connectivity index (χ3v) is 3.24. The molecular weight excluding hydrogens is 276 g/mol. The Morgan fingerprint density at radius 1 is 0.905 bits per heavy atom. The largest absolute Gasteiger partial charge is 0.367 e. The van der Waals surface area contributed by atoms with Gasteiger partial charge >= 0.3 is 11.9 Å². The molecule has 2 aliphatic heterocycles. The molecule has 0 aromatic carbocycles. The van der Waals surface area contributed by atoms with E-state index in [2.05, 4.69) is 17.2 Å². The molecule has 0 aliphatic carbocycles. The Morgan fingerprint density at radius 2 is 1.38 bits per heavy atom. The summed E-state index contributed by atoms with van der Waals surface area (Å²) in [4.78, 5) is 33.9. The molecule has 2 aliphatic rings. The zero-order valence-electron chi connectivity index (χ0n) is 12.1. The Kier molecular flexibility index (Phi) is 6.12. The van der Waals surface area contributed by atoms with Crippen molar-refractivity contribution < 1.29 is 19.3 Å². The van der Waals surface area contributed by atoms with Gasteiger partial charge in [0, 0.05) is 57.9 Å². The molecule has 8 heteroatoms. The molecule has 0 radical (unpaired) electrons. The molecule has 0 spiro atoms. The fourth-order valence-corrected chi connectivity index (χ4v) is 2.08. The van der Waals surface area contributed by atoms with Crippen LogP contribution in [0.25, 0.3) is 0 Å². The van der Waals surface area contributed by atoms with Gasteiger partial charge in [0.15, 0.2) is 0 Å². The Labute approximate surface area is 123 Å². The Bertz CT molecular complexity index is 390. The monoisotopic (exact) mass is 298 g/mol. The maximum atomic E-state index is 11.8. The van der Waals surface area contributed by atoms with E-state index in [1.165, 1.54) is 0 Å². The van der Waals surface area contributed by atoms with Crippen molar-refractivity contribution in [2.45, 2.75) is 6.42 Å². The summed E-state index contributed by atoms with van der Waals surface area (Å²) in [7, 11) is 0. The molecule has 21 heavy (non-hydrogen) atoms. The van der Waals surface area contributed by atoms with Crippen LogP contribution in [0.3, 0.4) is 0 Å². The second-order valence-electron chi connectivity index (χ2n) is 4.98. The van der Waals surface area contributed by atoms with Crippen molar-refractivity contribution in [1.29, 1.82) is 0 Å². The van der Waals surface area contributed by atoms with Gasteiger partial charge in [0.05, 0.1) is 6.42 Å². The van der Waals surface area contributed by atoms with Crippen molar-refractivity contribution in [3.05, 3.63) is 12.2 Å². The van der Waals surface area contributed by atoms with Crippen LogP contribution in [0.4, 0.5) is 0 Å². The molecule has 0 amide bonds. The van der Waals surface area contributed by atoms with Crippen LogP contribution in [-0.4, -0.2) is 74.4 Å². The van der Waals surface area contributed by atoms with Crippen LogP contribution < -0.4 is 10.6 Å². The minimum Gasteiger partial charge on any atom is -0.367 e. The fourth-order valence-electron chi connectivity index (χ4n) is 2.08. The van der Waals surface area contributed by atoms with E-state index in [0.717, 1.165) is 26.2 Å². The summed E-state index contributed by atoms with van der Waals surface area (Å²) in [6.07, 6.45) is -0.158. The molecule has 2 heterocycles. The zero-order valence-corrected chi connectivity index (χ0v) is 12.1. The first-order valence-electron chi connectivity index (χ1n) is 7.17. The molecule has 8 nitrogen and oxygen atoms in total. The second-order valence-corrected chi connectivity index (χ2v) is 4.98. The molecule has 2 saturated heterocycles. The van der Waals surface area contributed by atoms with E-state index in [0.29, 0.717) is 26.2 Å². The first kappa shape index (κ1) is 15.9. The SMILES string of the molecule is C=C(CC(=O)ON1CCNCC1)C(=O)ON1CCNCC1. The maximum Gasteiger partial charge on any atom is 0.352 e. The van der Waals surface area contributed by atoms with Gasteiger partial charge in [-0.25, -0.2) is 9.59 Å². The van der Waals surface area contributed by atoms with E-state index in [4.69, 9.17) is 9.68 Å². The molecule has 2 fully saturated rings. The number of hydroxylamine groups is 4. The van der Waals surface area contributed by atoms with Gasteiger partial charge in [0.1, 0.15) is 0 Å².